The number of hydrogen-bond acceptors (Lipinski definition) is 4. The number of anilines is 2. The standard InChI is InChI=1S/C19H22N2O4S/c1-4-15-8-10-17(11-9-15)20-19(23)13-21(26(3,24)25)18-7-5-6-16(12-18)14(2)22/h5-12H,4,13H2,1-3H3,(H,20,23). The van der Waals surface area contributed by atoms with E-state index in [1.54, 1.807) is 30.3 Å². The molecule has 26 heavy (non-hydrogen) atoms. The number of carbonyl (C=O) groups is 2. The molecule has 0 aromatic heterocycles. The van der Waals surface area contributed by atoms with Crippen LogP contribution < -0.4 is 9.62 Å². The Morgan fingerprint density at radius 3 is 2.27 bits per heavy atom. The number of benzene rings is 2. The highest BCUT2D eigenvalue weighted by molar-refractivity contribution is 7.92. The summed E-state index contributed by atoms with van der Waals surface area (Å²) < 4.78 is 25.3. The van der Waals surface area contributed by atoms with Crippen LogP contribution in [0.5, 0.6) is 0 Å². The fourth-order valence-electron chi connectivity index (χ4n) is 2.43. The minimum absolute atomic E-state index is 0.180. The lowest BCUT2D eigenvalue weighted by Gasteiger charge is -2.22. The van der Waals surface area contributed by atoms with E-state index >= 15 is 0 Å². The molecule has 0 saturated heterocycles. The van der Waals surface area contributed by atoms with Gasteiger partial charge in [0.15, 0.2) is 5.78 Å². The predicted molar refractivity (Wildman–Crippen MR) is 103 cm³/mol. The van der Waals surface area contributed by atoms with E-state index in [0.29, 0.717) is 11.3 Å². The second-order valence-electron chi connectivity index (χ2n) is 5.97. The van der Waals surface area contributed by atoms with E-state index in [1.165, 1.54) is 13.0 Å². The van der Waals surface area contributed by atoms with Gasteiger partial charge in [0.25, 0.3) is 0 Å². The highest BCUT2D eigenvalue weighted by Crippen LogP contribution is 2.20. The molecule has 0 spiro atoms. The van der Waals surface area contributed by atoms with Crippen LogP contribution in [0, 0.1) is 0 Å². The number of ketones is 1. The quantitative estimate of drug-likeness (QED) is 0.756. The van der Waals surface area contributed by atoms with Crippen molar-refractivity contribution in [1.29, 1.82) is 0 Å². The predicted octanol–water partition coefficient (Wildman–Crippen LogP) is 2.86. The molecule has 7 heteroatoms. The Labute approximate surface area is 153 Å². The van der Waals surface area contributed by atoms with Crippen molar-refractivity contribution < 1.29 is 18.0 Å². The zero-order valence-electron chi connectivity index (χ0n) is 15.0. The first kappa shape index (κ1) is 19.7. The number of sulfonamides is 1. The fourth-order valence-corrected chi connectivity index (χ4v) is 3.28. The van der Waals surface area contributed by atoms with Crippen molar-refractivity contribution in [3.63, 3.8) is 0 Å². The topological polar surface area (TPSA) is 83.6 Å². The molecule has 0 aliphatic rings. The zero-order chi connectivity index (χ0) is 19.3. The van der Waals surface area contributed by atoms with E-state index in [4.69, 9.17) is 0 Å². The second kappa shape index (κ2) is 8.14. The maximum Gasteiger partial charge on any atom is 0.245 e. The van der Waals surface area contributed by atoms with Gasteiger partial charge in [-0.15, -0.1) is 0 Å². The van der Waals surface area contributed by atoms with Crippen molar-refractivity contribution >= 4 is 33.1 Å². The van der Waals surface area contributed by atoms with E-state index in [0.717, 1.165) is 22.5 Å². The molecule has 0 aliphatic heterocycles. The van der Waals surface area contributed by atoms with Crippen molar-refractivity contribution in [2.45, 2.75) is 20.3 Å². The minimum Gasteiger partial charge on any atom is -0.325 e. The van der Waals surface area contributed by atoms with Gasteiger partial charge in [-0.2, -0.15) is 0 Å². The van der Waals surface area contributed by atoms with Crippen molar-refractivity contribution in [3.05, 3.63) is 59.7 Å². The fraction of sp³-hybridized carbons (Fsp3) is 0.263. The summed E-state index contributed by atoms with van der Waals surface area (Å²) in [6.07, 6.45) is 1.92. The first-order valence-electron chi connectivity index (χ1n) is 8.18. The molecule has 0 unspecified atom stereocenters. The summed E-state index contributed by atoms with van der Waals surface area (Å²) in [5, 5.41) is 2.69. The first-order chi connectivity index (χ1) is 12.2. The van der Waals surface area contributed by atoms with Gasteiger partial charge in [0, 0.05) is 11.3 Å². The number of rotatable bonds is 7. The minimum atomic E-state index is -3.70. The average molecular weight is 374 g/mol. The molecule has 0 radical (unpaired) electrons. The lowest BCUT2D eigenvalue weighted by atomic mass is 10.1. The van der Waals surface area contributed by atoms with Gasteiger partial charge in [-0.25, -0.2) is 8.42 Å². The van der Waals surface area contributed by atoms with Crippen LogP contribution in [-0.4, -0.2) is 32.9 Å². The third-order valence-electron chi connectivity index (χ3n) is 3.87. The highest BCUT2D eigenvalue weighted by atomic mass is 32.2. The molecule has 0 bridgehead atoms. The number of Topliss-reactive ketones (excluding diaryl/α,β-unsaturated/α-hetero) is 1. The maximum absolute atomic E-state index is 12.3. The number of amides is 1. The molecule has 1 amide bonds. The van der Waals surface area contributed by atoms with Crippen molar-refractivity contribution in [1.82, 2.24) is 0 Å². The van der Waals surface area contributed by atoms with Gasteiger partial charge in [-0.05, 0) is 43.2 Å². The molecule has 6 nitrogen and oxygen atoms in total. The Morgan fingerprint density at radius 2 is 1.73 bits per heavy atom. The lowest BCUT2D eigenvalue weighted by molar-refractivity contribution is -0.114. The molecule has 0 saturated carbocycles. The Hall–Kier alpha value is -2.67. The van der Waals surface area contributed by atoms with Gasteiger partial charge in [0.05, 0.1) is 11.9 Å². The van der Waals surface area contributed by atoms with Crippen LogP contribution in [0.3, 0.4) is 0 Å². The Bertz CT molecular complexity index is 905. The Morgan fingerprint density at radius 1 is 1.08 bits per heavy atom. The van der Waals surface area contributed by atoms with Gasteiger partial charge in [0.1, 0.15) is 6.54 Å². The maximum atomic E-state index is 12.3. The van der Waals surface area contributed by atoms with Crippen LogP contribution >= 0.6 is 0 Å². The molecule has 0 fully saturated rings. The van der Waals surface area contributed by atoms with Crippen LogP contribution in [0.25, 0.3) is 0 Å². The smallest absolute Gasteiger partial charge is 0.245 e. The van der Waals surface area contributed by atoms with E-state index < -0.39 is 15.9 Å². The largest absolute Gasteiger partial charge is 0.325 e. The molecule has 0 atom stereocenters. The second-order valence-corrected chi connectivity index (χ2v) is 7.88. The Kier molecular flexibility index (Phi) is 6.15. The number of hydrogen-bond donors (Lipinski definition) is 1. The van der Waals surface area contributed by atoms with Crippen LogP contribution in [0.15, 0.2) is 48.5 Å². The van der Waals surface area contributed by atoms with Crippen molar-refractivity contribution in [2.24, 2.45) is 0 Å². The average Bonchev–Trinajstić information content (AvgIpc) is 2.59. The third kappa shape index (κ3) is 5.16. The molecule has 2 aromatic carbocycles. The van der Waals surface area contributed by atoms with Crippen LogP contribution in [0.4, 0.5) is 11.4 Å². The summed E-state index contributed by atoms with van der Waals surface area (Å²) >= 11 is 0. The first-order valence-corrected chi connectivity index (χ1v) is 10.0. The molecule has 2 aromatic rings. The van der Waals surface area contributed by atoms with Gasteiger partial charge in [-0.1, -0.05) is 31.2 Å². The summed E-state index contributed by atoms with van der Waals surface area (Å²) in [6.45, 7) is 3.05. The molecule has 0 aliphatic carbocycles. The lowest BCUT2D eigenvalue weighted by Crippen LogP contribution is -2.37. The summed E-state index contributed by atoms with van der Waals surface area (Å²) in [7, 11) is -3.70. The summed E-state index contributed by atoms with van der Waals surface area (Å²) in [5.74, 6) is -0.645. The highest BCUT2D eigenvalue weighted by Gasteiger charge is 2.21. The normalized spacial score (nSPS) is 11.0. The summed E-state index contributed by atoms with van der Waals surface area (Å²) in [6, 6.07) is 13.6. The molecule has 0 heterocycles. The molecule has 138 valence electrons. The van der Waals surface area contributed by atoms with Gasteiger partial charge in [0.2, 0.25) is 15.9 Å². The number of nitrogens with one attached hydrogen (secondary N) is 1. The van der Waals surface area contributed by atoms with Crippen LogP contribution in [-0.2, 0) is 21.2 Å². The number of carbonyl (C=O) groups excluding carboxylic acids is 2. The molecule has 2 rings (SSSR count). The van der Waals surface area contributed by atoms with E-state index in [9.17, 15) is 18.0 Å². The number of nitrogens with zero attached hydrogens (tertiary/aromatic N) is 1. The Balaban J connectivity index is 2.21. The van der Waals surface area contributed by atoms with Gasteiger partial charge in [-0.3, -0.25) is 13.9 Å². The van der Waals surface area contributed by atoms with E-state index in [-0.39, 0.29) is 18.0 Å². The van der Waals surface area contributed by atoms with E-state index in [1.807, 2.05) is 19.1 Å². The SMILES string of the molecule is CCc1ccc(NC(=O)CN(c2cccc(C(C)=O)c2)S(C)(=O)=O)cc1. The van der Waals surface area contributed by atoms with Crippen LogP contribution in [0.1, 0.15) is 29.8 Å². The molecule has 1 N–H and O–H groups in total. The summed E-state index contributed by atoms with van der Waals surface area (Å²) in [4.78, 5) is 23.9. The monoisotopic (exact) mass is 374 g/mol. The van der Waals surface area contributed by atoms with E-state index in [2.05, 4.69) is 5.32 Å². The van der Waals surface area contributed by atoms with Gasteiger partial charge < -0.3 is 5.32 Å². The molecular formula is C19H22N2O4S. The van der Waals surface area contributed by atoms with Gasteiger partial charge >= 0.3 is 0 Å². The summed E-state index contributed by atoms with van der Waals surface area (Å²) in [5.41, 5.74) is 2.39. The zero-order valence-corrected chi connectivity index (χ0v) is 15.8. The van der Waals surface area contributed by atoms with Crippen molar-refractivity contribution in [3.8, 4) is 0 Å². The molecular weight excluding hydrogens is 352 g/mol. The third-order valence-corrected chi connectivity index (χ3v) is 5.01. The van der Waals surface area contributed by atoms with Crippen molar-refractivity contribution in [2.75, 3.05) is 22.4 Å². The van der Waals surface area contributed by atoms with Crippen LogP contribution in [0.2, 0.25) is 0 Å². The number of aryl methyl sites for hydroxylation is 1.